The number of hydrogen-bond acceptors (Lipinski definition) is 11. The second-order valence-electron chi connectivity index (χ2n) is 6.33. The molecule has 0 aromatic carbocycles. The molecule has 1 aromatic rings. The number of ether oxygens (including phenoxy) is 8. The van der Waals surface area contributed by atoms with Crippen molar-refractivity contribution in [3.8, 4) is 0 Å². The molecule has 0 spiro atoms. The number of nitrogens with zero attached hydrogens (tertiary/aromatic N) is 3. The molecule has 0 atom stereocenters. The molecule has 0 radical (unpaired) electrons. The standard InChI is InChI=1S/C20H39N4O8.K/c1-20-18-24(23-22-20)2-3-25-4-5-26-6-7-27-8-9-28-10-11-29-12-13-30-14-15-31-16-17-32-19-21;/h18H,1-17,19,21H2;/q-1;+1. The summed E-state index contributed by atoms with van der Waals surface area (Å²) in [6.45, 7) is 12.4. The van der Waals surface area contributed by atoms with E-state index in [9.17, 15) is 0 Å². The molecule has 1 heterocycles. The van der Waals surface area contributed by atoms with Gasteiger partial charge in [0.2, 0.25) is 0 Å². The van der Waals surface area contributed by atoms with Crippen molar-refractivity contribution in [2.24, 2.45) is 5.73 Å². The predicted molar refractivity (Wildman–Crippen MR) is 115 cm³/mol. The van der Waals surface area contributed by atoms with Crippen LogP contribution < -0.4 is 57.1 Å². The molecule has 188 valence electrons. The molecule has 12 nitrogen and oxygen atoms in total. The van der Waals surface area contributed by atoms with Crippen molar-refractivity contribution >= 4 is 0 Å². The van der Waals surface area contributed by atoms with Crippen molar-refractivity contribution in [3.63, 3.8) is 0 Å². The Kier molecular flexibility index (Phi) is 27.1. The van der Waals surface area contributed by atoms with E-state index >= 15 is 0 Å². The van der Waals surface area contributed by atoms with Gasteiger partial charge in [0.1, 0.15) is 0 Å². The first-order valence-corrected chi connectivity index (χ1v) is 10.9. The fourth-order valence-electron chi connectivity index (χ4n) is 2.23. The maximum atomic E-state index is 5.46. The topological polar surface area (TPSA) is 131 Å². The molecule has 0 bridgehead atoms. The Labute approximate surface area is 239 Å². The molecule has 13 heteroatoms. The quantitative estimate of drug-likeness (QED) is 0.0619. The van der Waals surface area contributed by atoms with E-state index in [4.69, 9.17) is 43.6 Å². The van der Waals surface area contributed by atoms with Gasteiger partial charge < -0.3 is 48.3 Å². The van der Waals surface area contributed by atoms with Crippen molar-refractivity contribution in [1.82, 2.24) is 15.0 Å². The van der Waals surface area contributed by atoms with Crippen LogP contribution in [-0.2, 0) is 44.4 Å². The fraction of sp³-hybridized carbons (Fsp3) is 0.850. The maximum Gasteiger partial charge on any atom is 1.00 e. The van der Waals surface area contributed by atoms with Gasteiger partial charge in [-0.2, -0.15) is 5.10 Å². The molecular formula is C20H39KN4O8. The number of nitrogens with two attached hydrogens (primary N) is 1. The second-order valence-corrected chi connectivity index (χ2v) is 6.33. The molecule has 1 aromatic heterocycles. The first-order valence-electron chi connectivity index (χ1n) is 10.9. The maximum absolute atomic E-state index is 5.46. The molecule has 0 saturated heterocycles. The summed E-state index contributed by atoms with van der Waals surface area (Å²) in [7, 11) is 0. The summed E-state index contributed by atoms with van der Waals surface area (Å²) in [5, 5.41) is 7.70. The summed E-state index contributed by atoms with van der Waals surface area (Å²) in [6, 6.07) is 0. The molecule has 0 unspecified atom stereocenters. The Morgan fingerprint density at radius 1 is 0.606 bits per heavy atom. The Bertz CT molecular complexity index is 516. The van der Waals surface area contributed by atoms with Crippen molar-refractivity contribution in [2.75, 3.05) is 106 Å². The number of rotatable bonds is 25. The van der Waals surface area contributed by atoms with E-state index in [0.29, 0.717) is 111 Å². The van der Waals surface area contributed by atoms with Gasteiger partial charge in [-0.05, 0) is 0 Å². The van der Waals surface area contributed by atoms with Gasteiger partial charge in [-0.1, -0.05) is 17.1 Å². The van der Waals surface area contributed by atoms with Crippen molar-refractivity contribution < 1.29 is 89.3 Å². The molecule has 33 heavy (non-hydrogen) atoms. The fourth-order valence-corrected chi connectivity index (χ4v) is 2.23. The Hall–Kier alpha value is 0.286. The van der Waals surface area contributed by atoms with Crippen molar-refractivity contribution in [2.45, 2.75) is 6.54 Å². The minimum Gasteiger partial charge on any atom is -0.377 e. The molecule has 0 amide bonds. The zero-order valence-corrected chi connectivity index (χ0v) is 23.1. The second kappa shape index (κ2) is 26.9. The zero-order chi connectivity index (χ0) is 23.0. The van der Waals surface area contributed by atoms with Gasteiger partial charge in [-0.25, -0.2) is 6.92 Å². The third-order valence-corrected chi connectivity index (χ3v) is 3.77. The summed E-state index contributed by atoms with van der Waals surface area (Å²) in [4.78, 5) is 0. The van der Waals surface area contributed by atoms with E-state index in [2.05, 4.69) is 17.2 Å². The third kappa shape index (κ3) is 23.8. The Balaban J connectivity index is 0.0000102. The van der Waals surface area contributed by atoms with Gasteiger partial charge in [0, 0.05) is 6.54 Å². The monoisotopic (exact) mass is 502 g/mol. The van der Waals surface area contributed by atoms with Crippen LogP contribution in [0.3, 0.4) is 0 Å². The van der Waals surface area contributed by atoms with Gasteiger partial charge in [0.15, 0.2) is 0 Å². The van der Waals surface area contributed by atoms with Gasteiger partial charge in [0.25, 0.3) is 0 Å². The molecule has 0 fully saturated rings. The molecule has 0 saturated carbocycles. The van der Waals surface area contributed by atoms with Crippen LogP contribution in [0.5, 0.6) is 0 Å². The Morgan fingerprint density at radius 3 is 1.24 bits per heavy atom. The molecule has 2 N–H and O–H groups in total. The largest absolute Gasteiger partial charge is 1.00 e. The van der Waals surface area contributed by atoms with Crippen LogP contribution in [0.15, 0.2) is 6.20 Å². The van der Waals surface area contributed by atoms with E-state index in [1.54, 1.807) is 10.9 Å². The van der Waals surface area contributed by atoms with Crippen LogP contribution in [0, 0.1) is 6.92 Å². The number of hydrogen-bond donors (Lipinski definition) is 1. The smallest absolute Gasteiger partial charge is 0.377 e. The van der Waals surface area contributed by atoms with Crippen LogP contribution in [0.2, 0.25) is 0 Å². The molecule has 0 aliphatic heterocycles. The van der Waals surface area contributed by atoms with Gasteiger partial charge in [-0.3, -0.25) is 0 Å². The van der Waals surface area contributed by atoms with E-state index in [0.717, 1.165) is 0 Å². The van der Waals surface area contributed by atoms with Crippen LogP contribution in [0.1, 0.15) is 5.69 Å². The SMILES string of the molecule is [CH2-]c1cn(CCOCCOCCOCCOCCOCCOCCOCCOCN)nn1.[K+]. The Morgan fingerprint density at radius 2 is 0.939 bits per heavy atom. The third-order valence-electron chi connectivity index (χ3n) is 3.77. The van der Waals surface area contributed by atoms with Crippen LogP contribution >= 0.6 is 0 Å². The minimum absolute atomic E-state index is 0. The first kappa shape index (κ1) is 33.3. The summed E-state index contributed by atoms with van der Waals surface area (Å²) >= 11 is 0. The molecular weight excluding hydrogens is 463 g/mol. The molecule has 0 aliphatic rings. The normalized spacial score (nSPS) is 11.1. The zero-order valence-electron chi connectivity index (χ0n) is 20.0. The first-order chi connectivity index (χ1) is 15.8. The summed E-state index contributed by atoms with van der Waals surface area (Å²) in [5.41, 5.74) is 5.84. The van der Waals surface area contributed by atoms with Crippen molar-refractivity contribution in [3.05, 3.63) is 18.8 Å². The van der Waals surface area contributed by atoms with Crippen LogP contribution in [0.25, 0.3) is 0 Å². The number of aromatic nitrogens is 3. The van der Waals surface area contributed by atoms with E-state index in [-0.39, 0.29) is 58.1 Å². The van der Waals surface area contributed by atoms with Gasteiger partial charge >= 0.3 is 51.4 Å². The minimum atomic E-state index is 0. The van der Waals surface area contributed by atoms with Gasteiger partial charge in [0.05, 0.1) is 106 Å². The summed E-state index contributed by atoms with van der Waals surface area (Å²) in [5.74, 6) is 0. The van der Waals surface area contributed by atoms with E-state index in [1.807, 2.05) is 0 Å². The van der Waals surface area contributed by atoms with Crippen LogP contribution in [-0.4, -0.2) is 121 Å². The van der Waals surface area contributed by atoms with Crippen LogP contribution in [0.4, 0.5) is 0 Å². The van der Waals surface area contributed by atoms with Crippen molar-refractivity contribution in [1.29, 1.82) is 0 Å². The molecule has 0 aliphatic carbocycles. The van der Waals surface area contributed by atoms with E-state index < -0.39 is 0 Å². The predicted octanol–water partition coefficient (Wildman–Crippen LogP) is -3.49. The molecule has 1 rings (SSSR count). The summed E-state index contributed by atoms with van der Waals surface area (Å²) in [6.07, 6.45) is 1.77. The average Bonchev–Trinajstić information content (AvgIpc) is 3.21. The van der Waals surface area contributed by atoms with Gasteiger partial charge in [-0.15, -0.1) is 0 Å². The average molecular weight is 503 g/mol. The van der Waals surface area contributed by atoms with E-state index in [1.165, 1.54) is 0 Å². The summed E-state index contributed by atoms with van der Waals surface area (Å²) < 4.78 is 44.5.